The van der Waals surface area contributed by atoms with E-state index in [0.717, 1.165) is 0 Å². The maximum atomic E-state index is 12.7. The summed E-state index contributed by atoms with van der Waals surface area (Å²) < 4.78 is 45.3. The minimum Gasteiger partial charge on any atom is -0.472 e. The van der Waals surface area contributed by atoms with Crippen molar-refractivity contribution in [1.82, 2.24) is 8.51 Å². The van der Waals surface area contributed by atoms with Gasteiger partial charge in [0.1, 0.15) is 18.0 Å². The van der Waals surface area contributed by atoms with Gasteiger partial charge in [0.25, 0.3) is 10.0 Å². The van der Waals surface area contributed by atoms with Crippen molar-refractivity contribution in [3.05, 3.63) is 66.5 Å². The summed E-state index contributed by atoms with van der Waals surface area (Å²) in [6, 6.07) is 9.50. The summed E-state index contributed by atoms with van der Waals surface area (Å²) in [6.07, 6.45) is 7.53. The molecule has 0 fully saturated rings. The molecule has 0 saturated carbocycles. The molecule has 0 unspecified atom stereocenters. The molecule has 13 heteroatoms. The Kier molecular flexibility index (Phi) is 7.76. The van der Waals surface area contributed by atoms with Crippen LogP contribution in [0.2, 0.25) is 0 Å². The molecule has 35 heavy (non-hydrogen) atoms. The van der Waals surface area contributed by atoms with Crippen LogP contribution >= 0.6 is 32.8 Å². The fraction of sp³-hybridized carbons (Fsp3) is 0.0455. The number of nitrogens with one attached hydrogen (secondary N) is 2. The Bertz CT molecular complexity index is 1500. The summed E-state index contributed by atoms with van der Waals surface area (Å²) in [5.41, 5.74) is 2.53. The minimum absolute atomic E-state index is 0.0279. The van der Waals surface area contributed by atoms with Crippen LogP contribution in [0.1, 0.15) is 11.3 Å². The van der Waals surface area contributed by atoms with E-state index in [1.165, 1.54) is 48.6 Å². The van der Waals surface area contributed by atoms with Gasteiger partial charge in [-0.05, 0) is 30.3 Å². The van der Waals surface area contributed by atoms with E-state index in [4.69, 9.17) is 14.6 Å². The van der Waals surface area contributed by atoms with Gasteiger partial charge in [0.05, 0.1) is 47.5 Å². The van der Waals surface area contributed by atoms with Gasteiger partial charge in [-0.15, -0.1) is 4.40 Å². The zero-order valence-corrected chi connectivity index (χ0v) is 21.9. The number of benzene rings is 1. The normalized spacial score (nSPS) is 14.7. The molecule has 1 aliphatic rings. The highest BCUT2D eigenvalue weighted by Gasteiger charge is 2.20. The first-order valence-electron chi connectivity index (χ1n) is 9.92. The third-order valence-electron chi connectivity index (χ3n) is 4.63. The number of rotatable bonds is 8. The number of nitriles is 1. The average molecular weight is 621 g/mol. The molecule has 178 valence electrons. The zero-order valence-electron chi connectivity index (χ0n) is 18.1. The monoisotopic (exact) mass is 621 g/mol. The number of furan rings is 1. The molecule has 1 aromatic carbocycles. The SMILES string of the molecule is C[NH2+]C=C(C=N)c1cc(-c2ccoc2)c(Oc2ccc(S(=O)(=O)N=C3NI=CS3)cc2C#N)cn1. The van der Waals surface area contributed by atoms with E-state index < -0.39 is 31.0 Å². The first-order chi connectivity index (χ1) is 16.9. The average Bonchev–Trinajstić information content (AvgIpc) is 3.57. The number of aromatic nitrogens is 1. The Morgan fingerprint density at radius 3 is 2.89 bits per heavy atom. The van der Waals surface area contributed by atoms with Crippen LogP contribution in [0.5, 0.6) is 11.5 Å². The standard InChI is InChI=1S/C22H17IN6O4S2/c1-26-10-16(9-25)19-7-18(14-4-5-32-12-14)21(11-27-19)33-20-3-2-17(6-15(20)8-24)35(30,31)29-22-28-23-13-34-22/h2-7,9-13,25-26H,1H3,(H,28,29)/p+1. The van der Waals surface area contributed by atoms with Crippen molar-refractivity contribution in [2.45, 2.75) is 4.90 Å². The van der Waals surface area contributed by atoms with Crippen molar-refractivity contribution < 1.29 is 22.9 Å². The van der Waals surface area contributed by atoms with Gasteiger partial charge in [-0.2, -0.15) is 13.7 Å². The quantitative estimate of drug-likeness (QED) is 0.197. The second-order valence-electron chi connectivity index (χ2n) is 6.83. The lowest BCUT2D eigenvalue weighted by molar-refractivity contribution is -0.555. The lowest BCUT2D eigenvalue weighted by atomic mass is 10.1. The molecule has 10 nitrogen and oxygen atoms in total. The number of amidine groups is 1. The molecule has 0 spiro atoms. The number of ether oxygens (including phenoxy) is 1. The Hall–Kier alpha value is -3.32. The van der Waals surface area contributed by atoms with Crippen LogP contribution in [0.3, 0.4) is 0 Å². The summed E-state index contributed by atoms with van der Waals surface area (Å²) in [7, 11) is -2.15. The van der Waals surface area contributed by atoms with Gasteiger partial charge in [-0.1, -0.05) is 11.8 Å². The molecule has 0 amide bonds. The predicted molar refractivity (Wildman–Crippen MR) is 143 cm³/mol. The first-order valence-corrected chi connectivity index (χ1v) is 14.6. The molecule has 0 saturated heterocycles. The van der Waals surface area contributed by atoms with Crippen LogP contribution in [-0.2, 0) is 10.0 Å². The number of sulfonamides is 1. The molecule has 0 aliphatic carbocycles. The number of quaternary nitrogens is 1. The number of allylic oxidation sites excluding steroid dienone is 1. The molecule has 0 bridgehead atoms. The smallest absolute Gasteiger partial charge is 0.284 e. The van der Waals surface area contributed by atoms with Crippen LogP contribution in [0, 0.1) is 16.7 Å². The summed E-state index contributed by atoms with van der Waals surface area (Å²) >= 11 is 0.840. The summed E-state index contributed by atoms with van der Waals surface area (Å²) in [4.78, 5) is 4.29. The van der Waals surface area contributed by atoms with E-state index >= 15 is 0 Å². The van der Waals surface area contributed by atoms with E-state index in [2.05, 4.69) is 12.9 Å². The number of hydrogen-bond donors (Lipinski definition) is 3. The molecule has 0 radical (unpaired) electrons. The van der Waals surface area contributed by atoms with Crippen LogP contribution in [0.4, 0.5) is 0 Å². The van der Waals surface area contributed by atoms with Gasteiger partial charge in [0.15, 0.2) is 10.9 Å². The molecule has 4 rings (SSSR count). The summed E-state index contributed by atoms with van der Waals surface area (Å²) in [5.74, 6) is 0.494. The van der Waals surface area contributed by atoms with E-state index in [-0.39, 0.29) is 16.2 Å². The highest BCUT2D eigenvalue weighted by Crippen LogP contribution is 2.36. The molecule has 4 N–H and O–H groups in total. The fourth-order valence-corrected chi connectivity index (χ4v) is 7.31. The first kappa shape index (κ1) is 24.8. The Labute approximate surface area is 215 Å². The van der Waals surface area contributed by atoms with Crippen molar-refractivity contribution in [3.8, 4) is 28.7 Å². The Morgan fingerprint density at radius 1 is 1.37 bits per heavy atom. The van der Waals surface area contributed by atoms with Gasteiger partial charge in [0.2, 0.25) is 0 Å². The minimum atomic E-state index is -3.99. The lowest BCUT2D eigenvalue weighted by Crippen LogP contribution is -2.72. The second kappa shape index (κ2) is 11.0. The van der Waals surface area contributed by atoms with Crippen molar-refractivity contribution >= 4 is 63.1 Å². The van der Waals surface area contributed by atoms with Crippen molar-refractivity contribution in [1.29, 1.82) is 10.7 Å². The number of nitrogens with zero attached hydrogens (tertiary/aromatic N) is 3. The van der Waals surface area contributed by atoms with E-state index in [0.29, 0.717) is 33.3 Å². The van der Waals surface area contributed by atoms with Crippen LogP contribution in [-0.4, -0.2) is 35.2 Å². The largest absolute Gasteiger partial charge is 0.472 e. The third kappa shape index (κ3) is 5.68. The van der Waals surface area contributed by atoms with E-state index in [9.17, 15) is 13.7 Å². The maximum Gasteiger partial charge on any atom is 0.284 e. The highest BCUT2D eigenvalue weighted by atomic mass is 127. The molecule has 1 aliphatic heterocycles. The molecule has 3 aromatic rings. The number of halogens is 1. The molecule has 2 aromatic heterocycles. The van der Waals surface area contributed by atoms with E-state index in [1.807, 2.05) is 21.8 Å². The zero-order chi connectivity index (χ0) is 24.8. The molecular weight excluding hydrogens is 603 g/mol. The third-order valence-corrected chi connectivity index (χ3v) is 9.32. The van der Waals surface area contributed by atoms with Gasteiger partial charge in [-0.25, -0.2) is 0 Å². The van der Waals surface area contributed by atoms with Crippen molar-refractivity contribution in [3.63, 3.8) is 0 Å². The Balaban J connectivity index is 1.72. The van der Waals surface area contributed by atoms with Crippen molar-refractivity contribution in [2.75, 3.05) is 7.05 Å². The van der Waals surface area contributed by atoms with Gasteiger partial charge in [-0.3, -0.25) is 4.98 Å². The molecule has 0 atom stereocenters. The second-order valence-corrected chi connectivity index (χ2v) is 11.9. The fourth-order valence-electron chi connectivity index (χ4n) is 3.03. The van der Waals surface area contributed by atoms with Crippen LogP contribution in [0.15, 0.2) is 69.0 Å². The summed E-state index contributed by atoms with van der Waals surface area (Å²) in [5, 5.41) is 19.5. The molecule has 3 heterocycles. The van der Waals surface area contributed by atoms with Crippen molar-refractivity contribution in [2.24, 2.45) is 4.40 Å². The number of hydrogen-bond acceptors (Lipinski definition) is 8. The van der Waals surface area contributed by atoms with Crippen LogP contribution in [0.25, 0.3) is 16.7 Å². The Morgan fingerprint density at radius 2 is 2.23 bits per heavy atom. The number of thioether (sulfide) groups is 1. The maximum absolute atomic E-state index is 12.7. The van der Waals surface area contributed by atoms with E-state index in [1.54, 1.807) is 24.6 Å². The number of nitrogens with two attached hydrogens (primary N) is 1. The highest BCUT2D eigenvalue weighted by molar-refractivity contribution is 14.2. The van der Waals surface area contributed by atoms with Gasteiger partial charge < -0.3 is 23.4 Å². The number of pyridine rings is 1. The molecular formula is C22H18IN6O4S2+. The van der Waals surface area contributed by atoms with Crippen LogP contribution < -0.4 is 13.6 Å². The predicted octanol–water partition coefficient (Wildman–Crippen LogP) is 3.22. The lowest BCUT2D eigenvalue weighted by Gasteiger charge is -2.13. The summed E-state index contributed by atoms with van der Waals surface area (Å²) in [6.45, 7) is 0. The van der Waals surface area contributed by atoms with Gasteiger partial charge >= 0.3 is 0 Å². The topological polar surface area (TPSA) is 158 Å². The van der Waals surface area contributed by atoms with Gasteiger partial charge in [0, 0.05) is 41.7 Å².